The van der Waals surface area contributed by atoms with Gasteiger partial charge in [-0.2, -0.15) is 0 Å². The summed E-state index contributed by atoms with van der Waals surface area (Å²) in [5.41, 5.74) is 4.59. The molecule has 0 aliphatic carbocycles. The average Bonchev–Trinajstić information content (AvgIpc) is 3.59. The van der Waals surface area contributed by atoms with E-state index in [0.717, 1.165) is 49.2 Å². The monoisotopic (exact) mass is 521 g/mol. The van der Waals surface area contributed by atoms with Crippen molar-refractivity contribution in [1.29, 1.82) is 0 Å². The van der Waals surface area contributed by atoms with Crippen molar-refractivity contribution < 1.29 is 19.5 Å². The maximum atomic E-state index is 13.4. The van der Waals surface area contributed by atoms with Crippen molar-refractivity contribution in [2.24, 2.45) is 0 Å². The van der Waals surface area contributed by atoms with Gasteiger partial charge in [-0.25, -0.2) is 19.6 Å². The van der Waals surface area contributed by atoms with Gasteiger partial charge in [-0.3, -0.25) is 14.6 Å². The summed E-state index contributed by atoms with van der Waals surface area (Å²) in [6, 6.07) is 6.40. The lowest BCUT2D eigenvalue weighted by molar-refractivity contribution is -0.123. The van der Waals surface area contributed by atoms with Gasteiger partial charge >= 0.3 is 12.0 Å². The Morgan fingerprint density at radius 2 is 1.78 bits per heavy atom. The Kier molecular flexibility index (Phi) is 8.50. The second-order valence-electron chi connectivity index (χ2n) is 8.98. The van der Waals surface area contributed by atoms with Gasteiger partial charge in [-0.05, 0) is 36.6 Å². The third kappa shape index (κ3) is 5.96. The van der Waals surface area contributed by atoms with Gasteiger partial charge in [0.1, 0.15) is 11.5 Å². The summed E-state index contributed by atoms with van der Waals surface area (Å²) in [7, 11) is 0. The van der Waals surface area contributed by atoms with E-state index < -0.39 is 5.97 Å². The molecule has 1 aliphatic heterocycles. The number of amides is 3. The highest BCUT2D eigenvalue weighted by Crippen LogP contribution is 2.27. The second-order valence-corrected chi connectivity index (χ2v) is 9.70. The van der Waals surface area contributed by atoms with E-state index in [1.807, 2.05) is 16.9 Å². The zero-order valence-corrected chi connectivity index (χ0v) is 21.9. The van der Waals surface area contributed by atoms with Crippen LogP contribution < -0.4 is 0 Å². The SMILES string of the molecule is CCCCc1ncc(/C=C2/C(=O)N(CCCC)C(=O)N2Cc2cscn2)n1Cc1ccc(C(=O)O)cc1. The van der Waals surface area contributed by atoms with Crippen molar-refractivity contribution in [1.82, 2.24) is 24.3 Å². The van der Waals surface area contributed by atoms with Crippen molar-refractivity contribution in [3.8, 4) is 0 Å². The second kappa shape index (κ2) is 12.0. The molecular weight excluding hydrogens is 490 g/mol. The van der Waals surface area contributed by atoms with Crippen molar-refractivity contribution in [3.05, 3.63) is 75.4 Å². The Bertz CT molecular complexity index is 1280. The minimum Gasteiger partial charge on any atom is -0.478 e. The Balaban J connectivity index is 1.71. The Morgan fingerprint density at radius 3 is 2.43 bits per heavy atom. The topological polar surface area (TPSA) is 109 Å². The first-order valence-electron chi connectivity index (χ1n) is 12.5. The Hall–Kier alpha value is -3.79. The molecule has 0 atom stereocenters. The van der Waals surface area contributed by atoms with Crippen LogP contribution in [0.25, 0.3) is 6.08 Å². The van der Waals surface area contributed by atoms with Gasteiger partial charge in [0.15, 0.2) is 0 Å². The van der Waals surface area contributed by atoms with Crippen LogP contribution in [0.15, 0.2) is 47.0 Å². The summed E-state index contributed by atoms with van der Waals surface area (Å²) in [6.07, 6.45) is 7.83. The highest BCUT2D eigenvalue weighted by molar-refractivity contribution is 7.07. The number of nitrogens with zero attached hydrogens (tertiary/aromatic N) is 5. The highest BCUT2D eigenvalue weighted by atomic mass is 32.1. The summed E-state index contributed by atoms with van der Waals surface area (Å²) in [5.74, 6) is -0.412. The quantitative estimate of drug-likeness (QED) is 0.264. The normalized spacial score (nSPS) is 14.8. The van der Waals surface area contributed by atoms with Crippen LogP contribution in [-0.4, -0.2) is 53.9 Å². The van der Waals surface area contributed by atoms with Crippen LogP contribution >= 0.6 is 11.3 Å². The van der Waals surface area contributed by atoms with Gasteiger partial charge in [-0.15, -0.1) is 11.3 Å². The van der Waals surface area contributed by atoms with Gasteiger partial charge < -0.3 is 9.67 Å². The molecule has 9 nitrogen and oxygen atoms in total. The molecule has 3 amide bonds. The molecule has 3 heterocycles. The largest absolute Gasteiger partial charge is 0.478 e. The summed E-state index contributed by atoms with van der Waals surface area (Å²) in [4.78, 5) is 49.7. The fourth-order valence-corrected chi connectivity index (χ4v) is 4.76. The number of hydrogen-bond donors (Lipinski definition) is 1. The number of imidazole rings is 1. The molecule has 0 radical (unpaired) electrons. The molecule has 10 heteroatoms. The maximum Gasteiger partial charge on any atom is 0.335 e. The van der Waals surface area contributed by atoms with Crippen LogP contribution in [0.5, 0.6) is 0 Å². The van der Waals surface area contributed by atoms with Crippen LogP contribution in [0.2, 0.25) is 0 Å². The van der Waals surface area contributed by atoms with Gasteiger partial charge in [-0.1, -0.05) is 38.8 Å². The van der Waals surface area contributed by atoms with Gasteiger partial charge in [0.25, 0.3) is 5.91 Å². The smallest absolute Gasteiger partial charge is 0.335 e. The number of carbonyl (C=O) groups is 3. The number of thiazole rings is 1. The first-order valence-corrected chi connectivity index (χ1v) is 13.5. The predicted octanol–water partition coefficient (Wildman–Crippen LogP) is 5.03. The fraction of sp³-hybridized carbons (Fsp3) is 0.370. The van der Waals surface area contributed by atoms with Gasteiger partial charge in [0, 0.05) is 24.9 Å². The van der Waals surface area contributed by atoms with E-state index in [0.29, 0.717) is 24.5 Å². The zero-order valence-electron chi connectivity index (χ0n) is 21.1. The van der Waals surface area contributed by atoms with E-state index >= 15 is 0 Å². The fourth-order valence-electron chi connectivity index (χ4n) is 4.21. The standard InChI is InChI=1S/C27H31N5O4S/c1-3-5-7-24-28-14-22(31(24)15-19-8-10-20(11-9-19)26(34)35)13-23-25(33)30(12-6-4-2)27(36)32(23)16-21-17-37-18-29-21/h8-11,13-14,17-18H,3-7,12,15-16H2,1-2H3,(H,34,35)/b23-13-. The molecule has 1 aliphatic rings. The molecule has 1 aromatic carbocycles. The number of urea groups is 1. The summed E-state index contributed by atoms with van der Waals surface area (Å²) in [5, 5.41) is 11.1. The number of carboxylic acid groups (broad SMARTS) is 1. The van der Waals surface area contributed by atoms with Crippen LogP contribution in [0.1, 0.15) is 72.7 Å². The molecule has 0 unspecified atom stereocenters. The molecule has 1 saturated heterocycles. The van der Waals surface area contributed by atoms with Crippen LogP contribution in [0, 0.1) is 0 Å². The van der Waals surface area contributed by atoms with E-state index in [4.69, 9.17) is 0 Å². The lowest BCUT2D eigenvalue weighted by Crippen LogP contribution is -2.33. The van der Waals surface area contributed by atoms with Crippen LogP contribution in [0.3, 0.4) is 0 Å². The lowest BCUT2D eigenvalue weighted by Gasteiger charge is -2.16. The van der Waals surface area contributed by atoms with Gasteiger partial charge in [0.2, 0.25) is 0 Å². The van der Waals surface area contributed by atoms with Crippen molar-refractivity contribution in [3.63, 3.8) is 0 Å². The average molecular weight is 522 g/mol. The van der Waals surface area contributed by atoms with E-state index in [1.165, 1.54) is 21.1 Å². The molecule has 194 valence electrons. The number of unbranched alkanes of at least 4 members (excludes halogenated alkanes) is 2. The third-order valence-corrected chi connectivity index (χ3v) is 6.94. The number of carbonyl (C=O) groups excluding carboxylic acids is 2. The Labute approximate surface area is 220 Å². The maximum absolute atomic E-state index is 13.4. The molecule has 3 aromatic rings. The molecule has 2 aromatic heterocycles. The first kappa shape index (κ1) is 26.3. The number of carboxylic acids is 1. The molecule has 1 fully saturated rings. The number of imide groups is 1. The molecule has 4 rings (SSSR count). The number of benzene rings is 1. The van der Waals surface area contributed by atoms with Crippen molar-refractivity contribution in [2.45, 2.75) is 59.0 Å². The van der Waals surface area contributed by atoms with Crippen LogP contribution in [0.4, 0.5) is 4.79 Å². The van der Waals surface area contributed by atoms with Gasteiger partial charge in [0.05, 0.1) is 35.2 Å². The lowest BCUT2D eigenvalue weighted by atomic mass is 10.1. The predicted molar refractivity (Wildman–Crippen MR) is 141 cm³/mol. The van der Waals surface area contributed by atoms with Crippen molar-refractivity contribution >= 4 is 35.3 Å². The Morgan fingerprint density at radius 1 is 1.03 bits per heavy atom. The zero-order chi connectivity index (χ0) is 26.4. The summed E-state index contributed by atoms with van der Waals surface area (Å²) >= 11 is 1.44. The summed E-state index contributed by atoms with van der Waals surface area (Å²) in [6.45, 7) is 5.19. The summed E-state index contributed by atoms with van der Waals surface area (Å²) < 4.78 is 2.03. The molecule has 0 spiro atoms. The number of hydrogen-bond acceptors (Lipinski definition) is 6. The molecule has 0 saturated carbocycles. The first-order chi connectivity index (χ1) is 17.9. The highest BCUT2D eigenvalue weighted by Gasteiger charge is 2.41. The van der Waals surface area contributed by atoms with E-state index in [9.17, 15) is 19.5 Å². The number of aromatic nitrogens is 3. The molecule has 0 bridgehead atoms. The third-order valence-electron chi connectivity index (χ3n) is 6.30. The number of aryl methyl sites for hydroxylation is 1. The molecule has 37 heavy (non-hydrogen) atoms. The van der Waals surface area contributed by atoms with E-state index in [2.05, 4.69) is 16.9 Å². The molecule has 1 N–H and O–H groups in total. The molecular formula is C27H31N5O4S. The van der Waals surface area contributed by atoms with Crippen molar-refractivity contribution in [2.75, 3.05) is 6.54 Å². The van der Waals surface area contributed by atoms with E-state index in [1.54, 1.807) is 42.0 Å². The number of aromatic carboxylic acids is 1. The van der Waals surface area contributed by atoms with Crippen LogP contribution in [-0.2, 0) is 24.3 Å². The van der Waals surface area contributed by atoms with E-state index in [-0.39, 0.29) is 24.0 Å². The minimum atomic E-state index is -0.972. The number of rotatable bonds is 12. The minimum absolute atomic E-state index is 0.218.